The zero-order chi connectivity index (χ0) is 15.4. The van der Waals surface area contributed by atoms with Gasteiger partial charge in [0.1, 0.15) is 0 Å². The second kappa shape index (κ2) is 6.79. The van der Waals surface area contributed by atoms with Crippen LogP contribution in [0.25, 0.3) is 0 Å². The van der Waals surface area contributed by atoms with Gasteiger partial charge in [-0.1, -0.05) is 29.8 Å². The number of benzene rings is 1. The maximum Gasteiger partial charge on any atom is 0.317 e. The van der Waals surface area contributed by atoms with Crippen molar-refractivity contribution < 1.29 is 4.79 Å². The first-order chi connectivity index (χ1) is 10.7. The van der Waals surface area contributed by atoms with Crippen LogP contribution >= 0.6 is 11.3 Å². The second-order valence-corrected chi connectivity index (χ2v) is 6.31. The topological polar surface area (TPSA) is 48.5 Å². The van der Waals surface area contributed by atoms with Crippen LogP contribution in [0, 0.1) is 6.92 Å². The van der Waals surface area contributed by atoms with E-state index in [-0.39, 0.29) is 6.03 Å². The van der Waals surface area contributed by atoms with E-state index >= 15 is 0 Å². The van der Waals surface area contributed by atoms with E-state index in [0.29, 0.717) is 6.54 Å². The number of rotatable bonds is 3. The van der Waals surface area contributed by atoms with Crippen molar-refractivity contribution in [2.24, 2.45) is 0 Å². The lowest BCUT2D eigenvalue weighted by molar-refractivity contribution is 0.194. The monoisotopic (exact) mass is 316 g/mol. The Morgan fingerprint density at radius 1 is 1.32 bits per heavy atom. The minimum Gasteiger partial charge on any atom is -0.345 e. The van der Waals surface area contributed by atoms with Crippen molar-refractivity contribution in [3.05, 3.63) is 47.0 Å². The van der Waals surface area contributed by atoms with Gasteiger partial charge in [0.25, 0.3) is 0 Å². The van der Waals surface area contributed by atoms with Gasteiger partial charge in [0, 0.05) is 44.3 Å². The van der Waals surface area contributed by atoms with Crippen LogP contribution in [-0.2, 0) is 6.54 Å². The first kappa shape index (κ1) is 14.8. The predicted octanol–water partition coefficient (Wildman–Crippen LogP) is 2.48. The molecule has 2 amide bonds. The van der Waals surface area contributed by atoms with Crippen LogP contribution in [0.3, 0.4) is 0 Å². The Bertz CT molecular complexity index is 621. The molecule has 6 heteroatoms. The lowest BCUT2D eigenvalue weighted by Crippen LogP contribution is -2.51. The molecule has 5 nitrogen and oxygen atoms in total. The summed E-state index contributed by atoms with van der Waals surface area (Å²) in [6.07, 6.45) is 1.82. The number of piperazine rings is 1. The molecule has 22 heavy (non-hydrogen) atoms. The van der Waals surface area contributed by atoms with Crippen LogP contribution in [-0.4, -0.2) is 42.1 Å². The van der Waals surface area contributed by atoms with Gasteiger partial charge >= 0.3 is 6.03 Å². The SMILES string of the molecule is Cc1cccc(CNC(=O)N2CCN(c3nccs3)CC2)c1. The highest BCUT2D eigenvalue weighted by Crippen LogP contribution is 2.18. The Morgan fingerprint density at radius 3 is 2.82 bits per heavy atom. The van der Waals surface area contributed by atoms with Crippen molar-refractivity contribution in [3.63, 3.8) is 0 Å². The van der Waals surface area contributed by atoms with E-state index < -0.39 is 0 Å². The molecule has 0 unspecified atom stereocenters. The highest BCUT2D eigenvalue weighted by Gasteiger charge is 2.21. The molecule has 1 N–H and O–H groups in total. The van der Waals surface area contributed by atoms with E-state index in [9.17, 15) is 4.79 Å². The fourth-order valence-corrected chi connectivity index (χ4v) is 3.28. The Morgan fingerprint density at radius 2 is 2.14 bits per heavy atom. The largest absolute Gasteiger partial charge is 0.345 e. The van der Waals surface area contributed by atoms with Crippen molar-refractivity contribution in [2.45, 2.75) is 13.5 Å². The minimum atomic E-state index is 0.0142. The van der Waals surface area contributed by atoms with E-state index in [1.165, 1.54) is 5.56 Å². The maximum atomic E-state index is 12.2. The Kier molecular flexibility index (Phi) is 4.58. The molecule has 1 aliphatic rings. The molecule has 0 radical (unpaired) electrons. The lowest BCUT2D eigenvalue weighted by atomic mass is 10.1. The third-order valence-corrected chi connectivity index (χ3v) is 4.62. The number of anilines is 1. The zero-order valence-corrected chi connectivity index (χ0v) is 13.5. The number of amides is 2. The summed E-state index contributed by atoms with van der Waals surface area (Å²) in [4.78, 5) is 20.7. The minimum absolute atomic E-state index is 0.0142. The average Bonchev–Trinajstić information content (AvgIpc) is 3.07. The van der Waals surface area contributed by atoms with Crippen LogP contribution < -0.4 is 10.2 Å². The average molecular weight is 316 g/mol. The highest BCUT2D eigenvalue weighted by molar-refractivity contribution is 7.13. The molecular formula is C16H20N4OS. The number of hydrogen-bond donors (Lipinski definition) is 1. The first-order valence-electron chi connectivity index (χ1n) is 7.45. The van der Waals surface area contributed by atoms with Crippen LogP contribution in [0.4, 0.5) is 9.93 Å². The fraction of sp³-hybridized carbons (Fsp3) is 0.375. The molecule has 1 fully saturated rings. The number of carbonyl (C=O) groups is 1. The van der Waals surface area contributed by atoms with Crippen LogP contribution in [0.15, 0.2) is 35.8 Å². The third kappa shape index (κ3) is 3.57. The van der Waals surface area contributed by atoms with Crippen molar-refractivity contribution >= 4 is 22.5 Å². The zero-order valence-electron chi connectivity index (χ0n) is 12.7. The molecule has 0 atom stereocenters. The summed E-state index contributed by atoms with van der Waals surface area (Å²) in [5.41, 5.74) is 2.35. The van der Waals surface area contributed by atoms with Gasteiger partial charge in [0.05, 0.1) is 0 Å². The number of nitrogens with zero attached hydrogens (tertiary/aromatic N) is 3. The molecule has 3 rings (SSSR count). The van der Waals surface area contributed by atoms with Gasteiger partial charge in [-0.15, -0.1) is 11.3 Å². The molecule has 2 heterocycles. The Hall–Kier alpha value is -2.08. The third-order valence-electron chi connectivity index (χ3n) is 3.78. The molecule has 0 spiro atoms. The van der Waals surface area contributed by atoms with Crippen LogP contribution in [0.2, 0.25) is 0 Å². The van der Waals surface area contributed by atoms with E-state index in [4.69, 9.17) is 0 Å². The van der Waals surface area contributed by atoms with Gasteiger partial charge in [0.15, 0.2) is 5.13 Å². The van der Waals surface area contributed by atoms with Crippen molar-refractivity contribution in [1.29, 1.82) is 0 Å². The molecule has 0 bridgehead atoms. The summed E-state index contributed by atoms with van der Waals surface area (Å²) < 4.78 is 0. The number of nitrogens with one attached hydrogen (secondary N) is 1. The summed E-state index contributed by atoms with van der Waals surface area (Å²) in [5, 5.41) is 6.02. The van der Waals surface area contributed by atoms with Crippen molar-refractivity contribution in [3.8, 4) is 0 Å². The van der Waals surface area contributed by atoms with Crippen molar-refractivity contribution in [2.75, 3.05) is 31.1 Å². The number of carbonyl (C=O) groups excluding carboxylic acids is 1. The van der Waals surface area contributed by atoms with Crippen LogP contribution in [0.1, 0.15) is 11.1 Å². The smallest absolute Gasteiger partial charge is 0.317 e. The Labute approximate surface area is 134 Å². The Balaban J connectivity index is 1.48. The number of thiazole rings is 1. The molecule has 0 aliphatic carbocycles. The quantitative estimate of drug-likeness (QED) is 0.946. The van der Waals surface area contributed by atoms with Gasteiger partial charge in [-0.3, -0.25) is 0 Å². The molecule has 1 aromatic carbocycles. The van der Waals surface area contributed by atoms with Gasteiger partial charge in [-0.05, 0) is 12.5 Å². The molecular weight excluding hydrogens is 296 g/mol. The summed E-state index contributed by atoms with van der Waals surface area (Å²) in [6.45, 7) is 5.78. The number of hydrogen-bond acceptors (Lipinski definition) is 4. The maximum absolute atomic E-state index is 12.2. The normalized spacial score (nSPS) is 15.0. The van der Waals surface area contributed by atoms with Crippen LogP contribution in [0.5, 0.6) is 0 Å². The fourth-order valence-electron chi connectivity index (χ4n) is 2.58. The molecule has 2 aromatic rings. The lowest BCUT2D eigenvalue weighted by Gasteiger charge is -2.34. The molecule has 1 aliphatic heterocycles. The number of aryl methyl sites for hydroxylation is 1. The van der Waals surface area contributed by atoms with Gasteiger partial charge in [-0.2, -0.15) is 0 Å². The standard InChI is InChI=1S/C16H20N4OS/c1-13-3-2-4-14(11-13)12-18-15(21)19-6-8-20(9-7-19)16-17-5-10-22-16/h2-5,10-11H,6-9,12H2,1H3,(H,18,21). The van der Waals surface area contributed by atoms with E-state index in [2.05, 4.69) is 34.3 Å². The van der Waals surface area contributed by atoms with Gasteiger partial charge in [-0.25, -0.2) is 9.78 Å². The molecule has 1 aromatic heterocycles. The van der Waals surface area contributed by atoms with Gasteiger partial charge in [0.2, 0.25) is 0 Å². The summed E-state index contributed by atoms with van der Waals surface area (Å²) in [6, 6.07) is 8.22. The predicted molar refractivity (Wildman–Crippen MR) is 89.3 cm³/mol. The number of aromatic nitrogens is 1. The summed E-state index contributed by atoms with van der Waals surface area (Å²) >= 11 is 1.64. The van der Waals surface area contributed by atoms with E-state index in [1.807, 2.05) is 28.6 Å². The summed E-state index contributed by atoms with van der Waals surface area (Å²) in [5.74, 6) is 0. The molecule has 0 saturated carbocycles. The van der Waals surface area contributed by atoms with Crippen molar-refractivity contribution in [1.82, 2.24) is 15.2 Å². The highest BCUT2D eigenvalue weighted by atomic mass is 32.1. The van der Waals surface area contributed by atoms with E-state index in [1.54, 1.807) is 11.3 Å². The van der Waals surface area contributed by atoms with Gasteiger partial charge < -0.3 is 15.1 Å². The number of urea groups is 1. The van der Waals surface area contributed by atoms with E-state index in [0.717, 1.165) is 36.9 Å². The molecule has 1 saturated heterocycles. The molecule has 116 valence electrons. The second-order valence-electron chi connectivity index (χ2n) is 5.44. The summed E-state index contributed by atoms with van der Waals surface area (Å²) in [7, 11) is 0. The first-order valence-corrected chi connectivity index (χ1v) is 8.33.